The van der Waals surface area contributed by atoms with Crippen LogP contribution >= 0.6 is 11.6 Å². The van der Waals surface area contributed by atoms with E-state index in [0.717, 1.165) is 19.5 Å². The summed E-state index contributed by atoms with van der Waals surface area (Å²) >= 11 is 6.18. The number of rotatable bonds is 5. The second kappa shape index (κ2) is 6.89. The van der Waals surface area contributed by atoms with Crippen LogP contribution in [0.15, 0.2) is 6.20 Å². The summed E-state index contributed by atoms with van der Waals surface area (Å²) in [6.45, 7) is 9.39. The second-order valence-corrected chi connectivity index (χ2v) is 5.95. The van der Waals surface area contributed by atoms with E-state index in [0.29, 0.717) is 29.9 Å². The smallest absolute Gasteiger partial charge is 0.124 e. The van der Waals surface area contributed by atoms with Crippen LogP contribution in [0.25, 0.3) is 0 Å². The highest BCUT2D eigenvalue weighted by Crippen LogP contribution is 2.28. The first kappa shape index (κ1) is 15.8. The fraction of sp³-hybridized carbons (Fsp3) is 0.786. The molecule has 0 radical (unpaired) electrons. The van der Waals surface area contributed by atoms with E-state index in [1.807, 2.05) is 0 Å². The molecule has 2 atom stereocenters. The van der Waals surface area contributed by atoms with Crippen LogP contribution in [0.3, 0.4) is 0 Å². The zero-order chi connectivity index (χ0) is 14.7. The predicted molar refractivity (Wildman–Crippen MR) is 78.9 cm³/mol. The lowest BCUT2D eigenvalue weighted by Gasteiger charge is -2.37. The van der Waals surface area contributed by atoms with Gasteiger partial charge in [0.15, 0.2) is 0 Å². The van der Waals surface area contributed by atoms with Gasteiger partial charge >= 0.3 is 0 Å². The Bertz CT molecular complexity index is 436. The van der Waals surface area contributed by atoms with Crippen LogP contribution in [0.1, 0.15) is 39.0 Å². The number of aromatic nitrogens is 2. The number of ether oxygens (including phenoxy) is 1. The average Bonchev–Trinajstić information content (AvgIpc) is 2.79. The molecule has 5 nitrogen and oxygen atoms in total. The van der Waals surface area contributed by atoms with E-state index in [-0.39, 0.29) is 6.10 Å². The Morgan fingerprint density at radius 2 is 2.30 bits per heavy atom. The van der Waals surface area contributed by atoms with Crippen molar-refractivity contribution in [2.75, 3.05) is 19.7 Å². The van der Waals surface area contributed by atoms with Crippen LogP contribution in [0.2, 0.25) is 5.02 Å². The molecular formula is C14H24ClN3O2. The highest BCUT2D eigenvalue weighted by Gasteiger charge is 2.32. The third kappa shape index (κ3) is 3.34. The van der Waals surface area contributed by atoms with E-state index in [4.69, 9.17) is 16.3 Å². The SMILES string of the molecule is CCCn1ncc(Cl)c1C(O)C1CN(C(C)C)CCO1. The van der Waals surface area contributed by atoms with Crippen LogP contribution in [0, 0.1) is 0 Å². The van der Waals surface area contributed by atoms with E-state index in [9.17, 15) is 5.11 Å². The third-order valence-electron chi connectivity index (χ3n) is 3.76. The van der Waals surface area contributed by atoms with Gasteiger partial charge in [-0.25, -0.2) is 0 Å². The summed E-state index contributed by atoms with van der Waals surface area (Å²) in [5.74, 6) is 0. The first-order valence-electron chi connectivity index (χ1n) is 7.29. The summed E-state index contributed by atoms with van der Waals surface area (Å²) in [7, 11) is 0. The molecule has 0 aromatic carbocycles. The number of nitrogens with zero attached hydrogens (tertiary/aromatic N) is 3. The summed E-state index contributed by atoms with van der Waals surface area (Å²) in [5.41, 5.74) is 0.670. The van der Waals surface area contributed by atoms with Crippen LogP contribution in [0.4, 0.5) is 0 Å². The third-order valence-corrected chi connectivity index (χ3v) is 4.05. The van der Waals surface area contributed by atoms with Crippen LogP contribution < -0.4 is 0 Å². The maximum Gasteiger partial charge on any atom is 0.124 e. The van der Waals surface area contributed by atoms with Gasteiger partial charge in [0, 0.05) is 25.7 Å². The van der Waals surface area contributed by atoms with Gasteiger partial charge in [-0.15, -0.1) is 0 Å². The fourth-order valence-corrected chi connectivity index (χ4v) is 2.84. The molecule has 1 N–H and O–H groups in total. The molecule has 2 rings (SSSR count). The van der Waals surface area contributed by atoms with Gasteiger partial charge in [0.2, 0.25) is 0 Å². The van der Waals surface area contributed by atoms with Gasteiger partial charge in [-0.1, -0.05) is 18.5 Å². The Hall–Kier alpha value is -0.620. The Labute approximate surface area is 125 Å². The number of halogens is 1. The van der Waals surface area contributed by atoms with Gasteiger partial charge in [-0.2, -0.15) is 5.10 Å². The van der Waals surface area contributed by atoms with Gasteiger partial charge in [-0.05, 0) is 20.3 Å². The maximum atomic E-state index is 10.6. The van der Waals surface area contributed by atoms with Crippen molar-refractivity contribution in [3.63, 3.8) is 0 Å². The van der Waals surface area contributed by atoms with E-state index < -0.39 is 6.10 Å². The molecule has 20 heavy (non-hydrogen) atoms. The summed E-state index contributed by atoms with van der Waals surface area (Å²) in [4.78, 5) is 2.31. The number of hydrogen-bond acceptors (Lipinski definition) is 4. The van der Waals surface area contributed by atoms with Crippen molar-refractivity contribution in [1.82, 2.24) is 14.7 Å². The average molecular weight is 302 g/mol. The molecule has 114 valence electrons. The van der Waals surface area contributed by atoms with Crippen molar-refractivity contribution in [3.8, 4) is 0 Å². The van der Waals surface area contributed by atoms with Gasteiger partial charge in [0.1, 0.15) is 12.2 Å². The Balaban J connectivity index is 2.14. The van der Waals surface area contributed by atoms with Crippen molar-refractivity contribution in [1.29, 1.82) is 0 Å². The zero-order valence-electron chi connectivity index (χ0n) is 12.4. The van der Waals surface area contributed by atoms with E-state index >= 15 is 0 Å². The maximum absolute atomic E-state index is 10.6. The zero-order valence-corrected chi connectivity index (χ0v) is 13.2. The largest absolute Gasteiger partial charge is 0.384 e. The summed E-state index contributed by atoms with van der Waals surface area (Å²) in [6, 6.07) is 0.449. The molecule has 0 bridgehead atoms. The quantitative estimate of drug-likeness (QED) is 0.905. The molecule has 1 fully saturated rings. The lowest BCUT2D eigenvalue weighted by Crippen LogP contribution is -2.48. The molecule has 1 aromatic rings. The highest BCUT2D eigenvalue weighted by molar-refractivity contribution is 6.31. The summed E-state index contributed by atoms with van der Waals surface area (Å²) in [5, 5.41) is 15.4. The van der Waals surface area contributed by atoms with Crippen molar-refractivity contribution in [2.45, 2.75) is 52.0 Å². The Morgan fingerprint density at radius 1 is 1.55 bits per heavy atom. The van der Waals surface area contributed by atoms with E-state index in [1.165, 1.54) is 0 Å². The van der Waals surface area contributed by atoms with Crippen molar-refractivity contribution >= 4 is 11.6 Å². The molecule has 6 heteroatoms. The summed E-state index contributed by atoms with van der Waals surface area (Å²) in [6.07, 6.45) is 1.55. The first-order valence-corrected chi connectivity index (χ1v) is 7.67. The molecule has 2 unspecified atom stereocenters. The van der Waals surface area contributed by atoms with Gasteiger partial charge in [0.25, 0.3) is 0 Å². The fourth-order valence-electron chi connectivity index (χ4n) is 2.59. The lowest BCUT2D eigenvalue weighted by atomic mass is 10.1. The van der Waals surface area contributed by atoms with Crippen LogP contribution in [-0.2, 0) is 11.3 Å². The number of aliphatic hydroxyl groups is 1. The monoisotopic (exact) mass is 301 g/mol. The Morgan fingerprint density at radius 3 is 2.95 bits per heavy atom. The Kier molecular flexibility index (Phi) is 5.43. The number of aliphatic hydroxyl groups excluding tert-OH is 1. The minimum atomic E-state index is -0.738. The number of aryl methyl sites for hydroxylation is 1. The molecule has 0 aliphatic carbocycles. The predicted octanol–water partition coefficient (Wildman–Crippen LogP) is 2.09. The molecule has 0 amide bonds. The molecule has 2 heterocycles. The van der Waals surface area contributed by atoms with E-state index in [2.05, 4.69) is 30.8 Å². The van der Waals surface area contributed by atoms with Crippen molar-refractivity contribution in [2.24, 2.45) is 0 Å². The lowest BCUT2D eigenvalue weighted by molar-refractivity contribution is -0.0983. The minimum absolute atomic E-state index is 0.254. The number of hydrogen-bond donors (Lipinski definition) is 1. The molecule has 1 aliphatic rings. The molecular weight excluding hydrogens is 278 g/mol. The van der Waals surface area contributed by atoms with Gasteiger partial charge < -0.3 is 9.84 Å². The van der Waals surface area contributed by atoms with Crippen molar-refractivity contribution in [3.05, 3.63) is 16.9 Å². The second-order valence-electron chi connectivity index (χ2n) is 5.54. The van der Waals surface area contributed by atoms with Gasteiger partial charge in [-0.3, -0.25) is 9.58 Å². The van der Waals surface area contributed by atoms with Gasteiger partial charge in [0.05, 0.1) is 23.5 Å². The normalized spacial score (nSPS) is 22.4. The highest BCUT2D eigenvalue weighted by atomic mass is 35.5. The molecule has 1 saturated heterocycles. The minimum Gasteiger partial charge on any atom is -0.384 e. The topological polar surface area (TPSA) is 50.5 Å². The molecule has 0 spiro atoms. The van der Waals surface area contributed by atoms with Crippen LogP contribution in [0.5, 0.6) is 0 Å². The van der Waals surface area contributed by atoms with Crippen molar-refractivity contribution < 1.29 is 9.84 Å². The first-order chi connectivity index (χ1) is 9.54. The standard InChI is InChI=1S/C14H24ClN3O2/c1-4-5-18-13(11(15)8-16-18)14(19)12-9-17(10(2)3)6-7-20-12/h8,10,12,14,19H,4-7,9H2,1-3H3. The number of morpholine rings is 1. The molecule has 0 saturated carbocycles. The van der Waals surface area contributed by atoms with E-state index in [1.54, 1.807) is 10.9 Å². The molecule has 1 aliphatic heterocycles. The van der Waals surface area contributed by atoms with Crippen LogP contribution in [-0.4, -0.2) is 51.6 Å². The molecule has 1 aromatic heterocycles. The summed E-state index contributed by atoms with van der Waals surface area (Å²) < 4.78 is 7.52.